The largest absolute Gasteiger partial charge is 0.362 e. The van der Waals surface area contributed by atoms with Crippen molar-refractivity contribution in [1.82, 2.24) is 5.32 Å². The van der Waals surface area contributed by atoms with Gasteiger partial charge in [0.25, 0.3) is 0 Å². The predicted molar refractivity (Wildman–Crippen MR) is 106 cm³/mol. The van der Waals surface area contributed by atoms with E-state index >= 15 is 0 Å². The molecule has 5 nitrogen and oxygen atoms in total. The minimum Gasteiger partial charge on any atom is -0.362 e. The molecule has 5 heteroatoms. The molecule has 148 valence electrons. The van der Waals surface area contributed by atoms with Crippen molar-refractivity contribution in [3.05, 3.63) is 29.3 Å². The highest BCUT2D eigenvalue weighted by Gasteiger charge is 2.40. The first-order valence-electron chi connectivity index (χ1n) is 10.5. The minimum atomic E-state index is -0.360. The Morgan fingerprint density at radius 1 is 1.26 bits per heavy atom. The summed E-state index contributed by atoms with van der Waals surface area (Å²) in [5.74, 6) is 0.308. The van der Waals surface area contributed by atoms with E-state index in [1.54, 1.807) is 0 Å². The molecular weight excluding hydrogens is 340 g/mol. The third-order valence-electron chi connectivity index (χ3n) is 6.25. The summed E-state index contributed by atoms with van der Waals surface area (Å²) in [5, 5.41) is 3.24. The smallest absolute Gasteiger partial charge is 0.239 e. The second-order valence-corrected chi connectivity index (χ2v) is 8.52. The summed E-state index contributed by atoms with van der Waals surface area (Å²) in [6, 6.07) is 6.98. The van der Waals surface area contributed by atoms with Gasteiger partial charge in [-0.25, -0.2) is 0 Å². The molecule has 1 amide bonds. The standard InChI is InChI=1S/C22H32N2O3/c1-16(2)17-5-6-20-18(14-17)4-3-11-24(20)15-21(25)23-19-7-9-22(10-8-19)26-12-13-27-22/h5-6,14,16,19H,3-4,7-13,15H2,1-2H3,(H,23,25). The van der Waals surface area contributed by atoms with Crippen molar-refractivity contribution in [3.63, 3.8) is 0 Å². The van der Waals surface area contributed by atoms with E-state index in [9.17, 15) is 4.79 Å². The maximum atomic E-state index is 12.7. The third kappa shape index (κ3) is 4.14. The summed E-state index contributed by atoms with van der Waals surface area (Å²) < 4.78 is 11.6. The van der Waals surface area contributed by atoms with Gasteiger partial charge in [-0.1, -0.05) is 26.0 Å². The molecular formula is C22H32N2O3. The molecule has 27 heavy (non-hydrogen) atoms. The van der Waals surface area contributed by atoms with Gasteiger partial charge >= 0.3 is 0 Å². The zero-order valence-electron chi connectivity index (χ0n) is 16.6. The van der Waals surface area contributed by atoms with E-state index < -0.39 is 0 Å². The number of benzene rings is 1. The van der Waals surface area contributed by atoms with Crippen molar-refractivity contribution in [1.29, 1.82) is 0 Å². The van der Waals surface area contributed by atoms with Gasteiger partial charge in [-0.2, -0.15) is 0 Å². The van der Waals surface area contributed by atoms with E-state index in [1.807, 2.05) is 0 Å². The molecule has 0 atom stereocenters. The first kappa shape index (κ1) is 18.8. The predicted octanol–water partition coefficient (Wildman–Crippen LogP) is 3.36. The number of anilines is 1. The van der Waals surface area contributed by atoms with Gasteiger partial charge in [0.1, 0.15) is 0 Å². The Kier molecular flexibility index (Phi) is 5.42. The monoisotopic (exact) mass is 372 g/mol. The SMILES string of the molecule is CC(C)c1ccc2c(c1)CCCN2CC(=O)NC1CCC2(CC1)OCCO2. The van der Waals surface area contributed by atoms with Crippen molar-refractivity contribution in [2.24, 2.45) is 0 Å². The van der Waals surface area contributed by atoms with Gasteiger partial charge in [-0.3, -0.25) is 4.79 Å². The Morgan fingerprint density at radius 3 is 2.70 bits per heavy atom. The molecule has 2 heterocycles. The zero-order chi connectivity index (χ0) is 18.9. The third-order valence-corrected chi connectivity index (χ3v) is 6.25. The summed E-state index contributed by atoms with van der Waals surface area (Å²) in [4.78, 5) is 14.9. The molecule has 0 aromatic heterocycles. The van der Waals surface area contributed by atoms with Crippen molar-refractivity contribution in [3.8, 4) is 0 Å². The average molecular weight is 373 g/mol. The van der Waals surface area contributed by atoms with Crippen LogP contribution in [0.3, 0.4) is 0 Å². The lowest BCUT2D eigenvalue weighted by Gasteiger charge is -2.36. The number of hydrogen-bond acceptors (Lipinski definition) is 4. The lowest BCUT2D eigenvalue weighted by Crippen LogP contribution is -2.47. The van der Waals surface area contributed by atoms with Gasteiger partial charge in [0.15, 0.2) is 5.79 Å². The molecule has 1 aromatic rings. The number of carbonyl (C=O) groups excluding carboxylic acids is 1. The van der Waals surface area contributed by atoms with Gasteiger partial charge in [-0.05, 0) is 48.8 Å². The van der Waals surface area contributed by atoms with Crippen molar-refractivity contribution < 1.29 is 14.3 Å². The van der Waals surface area contributed by atoms with Crippen LogP contribution in [0, 0.1) is 0 Å². The lowest BCUT2D eigenvalue weighted by atomic mass is 9.90. The van der Waals surface area contributed by atoms with Crippen LogP contribution in [-0.2, 0) is 20.7 Å². The minimum absolute atomic E-state index is 0.130. The number of rotatable bonds is 4. The van der Waals surface area contributed by atoms with Crippen LogP contribution in [-0.4, -0.2) is 44.0 Å². The van der Waals surface area contributed by atoms with Crippen molar-refractivity contribution in [2.75, 3.05) is 31.2 Å². The van der Waals surface area contributed by atoms with Crippen LogP contribution in [0.4, 0.5) is 5.69 Å². The molecule has 4 rings (SSSR count). The number of nitrogens with one attached hydrogen (secondary N) is 1. The Balaban J connectivity index is 1.33. The highest BCUT2D eigenvalue weighted by Crippen LogP contribution is 2.36. The second-order valence-electron chi connectivity index (χ2n) is 8.52. The summed E-state index contributed by atoms with van der Waals surface area (Å²) >= 11 is 0. The summed E-state index contributed by atoms with van der Waals surface area (Å²) in [6.45, 7) is 7.25. The van der Waals surface area contributed by atoms with Crippen LogP contribution in [0.5, 0.6) is 0 Å². The van der Waals surface area contributed by atoms with Crippen LogP contribution in [0.2, 0.25) is 0 Å². The van der Waals surface area contributed by atoms with Gasteiger partial charge in [-0.15, -0.1) is 0 Å². The number of fused-ring (bicyclic) bond motifs is 1. The molecule has 0 bridgehead atoms. The lowest BCUT2D eigenvalue weighted by molar-refractivity contribution is -0.180. The molecule has 0 unspecified atom stereocenters. The number of ether oxygens (including phenoxy) is 2. The van der Waals surface area contributed by atoms with Crippen molar-refractivity contribution >= 4 is 11.6 Å². The summed E-state index contributed by atoms with van der Waals surface area (Å²) in [5.41, 5.74) is 4.00. The normalized spacial score (nSPS) is 22.3. The first-order chi connectivity index (χ1) is 13.0. The summed E-state index contributed by atoms with van der Waals surface area (Å²) in [6.07, 6.45) is 5.84. The Labute approximate surface area is 162 Å². The maximum Gasteiger partial charge on any atom is 0.239 e. The van der Waals surface area contributed by atoms with Crippen LogP contribution < -0.4 is 10.2 Å². The summed E-state index contributed by atoms with van der Waals surface area (Å²) in [7, 11) is 0. The molecule has 2 fully saturated rings. The van der Waals surface area contributed by atoms with E-state index in [0.29, 0.717) is 25.7 Å². The fraction of sp³-hybridized carbons (Fsp3) is 0.682. The molecule has 0 radical (unpaired) electrons. The highest BCUT2D eigenvalue weighted by atomic mass is 16.7. The van der Waals surface area contributed by atoms with E-state index in [2.05, 4.69) is 42.3 Å². The number of aryl methyl sites for hydroxylation is 1. The highest BCUT2D eigenvalue weighted by molar-refractivity contribution is 5.82. The Morgan fingerprint density at radius 2 is 2.00 bits per heavy atom. The quantitative estimate of drug-likeness (QED) is 0.880. The van der Waals surface area contributed by atoms with E-state index in [4.69, 9.17) is 9.47 Å². The number of hydrogen-bond donors (Lipinski definition) is 1. The number of carbonyl (C=O) groups is 1. The average Bonchev–Trinajstić information content (AvgIpc) is 3.12. The van der Waals surface area contributed by atoms with Crippen LogP contribution >= 0.6 is 0 Å². The fourth-order valence-corrected chi connectivity index (χ4v) is 4.65. The molecule has 1 aliphatic carbocycles. The van der Waals surface area contributed by atoms with E-state index in [1.165, 1.54) is 16.8 Å². The molecule has 3 aliphatic rings. The number of nitrogens with zero attached hydrogens (tertiary/aromatic N) is 1. The van der Waals surface area contributed by atoms with Crippen molar-refractivity contribution in [2.45, 2.75) is 70.1 Å². The molecule has 1 saturated carbocycles. The second kappa shape index (κ2) is 7.80. The van der Waals surface area contributed by atoms with Gasteiger partial charge in [0, 0.05) is 31.1 Å². The number of amides is 1. The maximum absolute atomic E-state index is 12.7. The van der Waals surface area contributed by atoms with Gasteiger partial charge < -0.3 is 19.7 Å². The zero-order valence-corrected chi connectivity index (χ0v) is 16.6. The van der Waals surface area contributed by atoms with E-state index in [0.717, 1.165) is 45.1 Å². The topological polar surface area (TPSA) is 50.8 Å². The van der Waals surface area contributed by atoms with Gasteiger partial charge in [0.05, 0.1) is 19.8 Å². The van der Waals surface area contributed by atoms with Crippen LogP contribution in [0.25, 0.3) is 0 Å². The Hall–Kier alpha value is -1.59. The first-order valence-corrected chi connectivity index (χ1v) is 10.5. The molecule has 1 spiro atoms. The Bertz CT molecular complexity index is 672. The van der Waals surface area contributed by atoms with E-state index in [-0.39, 0.29) is 17.7 Å². The van der Waals surface area contributed by atoms with Crippen LogP contribution in [0.15, 0.2) is 18.2 Å². The molecule has 2 aliphatic heterocycles. The molecule has 1 aromatic carbocycles. The molecule has 1 N–H and O–H groups in total. The fourth-order valence-electron chi connectivity index (χ4n) is 4.65. The molecule has 1 saturated heterocycles. The van der Waals surface area contributed by atoms with Crippen LogP contribution in [0.1, 0.15) is 63.0 Å². The van der Waals surface area contributed by atoms with Gasteiger partial charge in [0.2, 0.25) is 5.91 Å².